The van der Waals surface area contributed by atoms with Crippen LogP contribution in [0.5, 0.6) is 0 Å². The molecule has 4 aliphatic rings. The van der Waals surface area contributed by atoms with E-state index in [1.165, 1.54) is 57.8 Å². The Kier molecular flexibility index (Phi) is 5.69. The van der Waals surface area contributed by atoms with Crippen molar-refractivity contribution in [2.75, 3.05) is 6.61 Å². The Balaban J connectivity index is 1.53. The Labute approximate surface area is 173 Å². The van der Waals surface area contributed by atoms with E-state index in [0.717, 1.165) is 29.2 Å². The molecule has 7 atom stereocenters. The molecule has 3 fully saturated rings. The molecule has 4 aliphatic carbocycles. The summed E-state index contributed by atoms with van der Waals surface area (Å²) in [4.78, 5) is 0. The van der Waals surface area contributed by atoms with Crippen molar-refractivity contribution in [2.45, 2.75) is 85.5 Å². The van der Waals surface area contributed by atoms with Crippen LogP contribution in [-0.4, -0.2) is 11.7 Å². The van der Waals surface area contributed by atoms with Gasteiger partial charge in [0.15, 0.2) is 0 Å². The minimum Gasteiger partial charge on any atom is -0.392 e. The summed E-state index contributed by atoms with van der Waals surface area (Å²) >= 11 is 0. The van der Waals surface area contributed by atoms with Crippen LogP contribution in [0.3, 0.4) is 0 Å². The predicted octanol–water partition coefficient (Wildman–Crippen LogP) is 7.09. The fraction of sp³-hybridized carbons (Fsp3) is 0.778. The molecule has 0 aromatic carbocycles. The third kappa shape index (κ3) is 3.26. The third-order valence-electron chi connectivity index (χ3n) is 9.77. The van der Waals surface area contributed by atoms with E-state index in [-0.39, 0.29) is 6.61 Å². The van der Waals surface area contributed by atoms with Crippen LogP contribution in [0.2, 0.25) is 0 Å². The van der Waals surface area contributed by atoms with Crippen LogP contribution in [0.15, 0.2) is 35.5 Å². The van der Waals surface area contributed by atoms with E-state index in [2.05, 4.69) is 45.1 Å². The van der Waals surface area contributed by atoms with E-state index < -0.39 is 0 Å². The van der Waals surface area contributed by atoms with Gasteiger partial charge in [-0.05, 0) is 104 Å². The van der Waals surface area contributed by atoms with Crippen molar-refractivity contribution in [3.05, 3.63) is 35.5 Å². The van der Waals surface area contributed by atoms with Crippen molar-refractivity contribution < 1.29 is 5.11 Å². The van der Waals surface area contributed by atoms with E-state index in [0.29, 0.717) is 16.7 Å². The summed E-state index contributed by atoms with van der Waals surface area (Å²) in [5, 5.41) is 9.21. The standard InChI is InChI=1S/C27H42O/c1-19(18-28)8-7-9-20(2)23-13-14-24-22-12-11-21-10-5-6-16-26(21,3)25(22)15-17-27(23,24)4/h7-9,11,20,22-25,28H,5-6,10,12-18H2,1-4H3/t20-,22+,23-,24+,25+,26+,27-/m1/s1. The number of aliphatic hydroxyl groups is 1. The van der Waals surface area contributed by atoms with E-state index in [1.807, 2.05) is 12.5 Å². The van der Waals surface area contributed by atoms with Gasteiger partial charge in [-0.1, -0.05) is 57.1 Å². The highest BCUT2D eigenvalue weighted by Gasteiger charge is 2.58. The Bertz CT molecular complexity index is 670. The van der Waals surface area contributed by atoms with Crippen molar-refractivity contribution in [3.63, 3.8) is 0 Å². The third-order valence-corrected chi connectivity index (χ3v) is 9.77. The molecule has 0 heterocycles. The molecular weight excluding hydrogens is 340 g/mol. The Morgan fingerprint density at radius 3 is 2.79 bits per heavy atom. The first-order valence-corrected chi connectivity index (χ1v) is 12.0. The number of allylic oxidation sites excluding steroid dienone is 5. The highest BCUT2D eigenvalue weighted by molar-refractivity contribution is 5.24. The van der Waals surface area contributed by atoms with Gasteiger partial charge in [0.25, 0.3) is 0 Å². The molecule has 0 spiro atoms. The first-order valence-electron chi connectivity index (χ1n) is 12.0. The molecule has 0 aromatic rings. The zero-order valence-corrected chi connectivity index (χ0v) is 18.7. The maximum Gasteiger partial charge on any atom is 0.0642 e. The minimum atomic E-state index is 0.166. The molecular formula is C27H42O. The quantitative estimate of drug-likeness (QED) is 0.406. The van der Waals surface area contributed by atoms with Gasteiger partial charge in [0.05, 0.1) is 6.61 Å². The largest absolute Gasteiger partial charge is 0.392 e. The molecule has 1 heteroatoms. The maximum atomic E-state index is 9.21. The van der Waals surface area contributed by atoms with E-state index in [9.17, 15) is 5.11 Å². The lowest BCUT2D eigenvalue weighted by molar-refractivity contribution is -0.0462. The van der Waals surface area contributed by atoms with Crippen LogP contribution in [0.1, 0.15) is 85.5 Å². The summed E-state index contributed by atoms with van der Waals surface area (Å²) < 4.78 is 0. The van der Waals surface area contributed by atoms with Crippen LogP contribution in [0, 0.1) is 40.4 Å². The molecule has 4 rings (SSSR count). The van der Waals surface area contributed by atoms with Crippen LogP contribution >= 0.6 is 0 Å². The van der Waals surface area contributed by atoms with Crippen LogP contribution in [0.25, 0.3) is 0 Å². The lowest BCUT2D eigenvalue weighted by atomic mass is 9.47. The fourth-order valence-electron chi connectivity index (χ4n) is 8.18. The second-order valence-corrected chi connectivity index (χ2v) is 11.1. The summed E-state index contributed by atoms with van der Waals surface area (Å²) in [6, 6.07) is 0. The smallest absolute Gasteiger partial charge is 0.0642 e. The van der Waals surface area contributed by atoms with Crippen LogP contribution in [0.4, 0.5) is 0 Å². The Morgan fingerprint density at radius 2 is 2.00 bits per heavy atom. The van der Waals surface area contributed by atoms with Gasteiger partial charge in [0, 0.05) is 0 Å². The van der Waals surface area contributed by atoms with Gasteiger partial charge in [-0.3, -0.25) is 0 Å². The number of fused-ring (bicyclic) bond motifs is 5. The molecule has 0 aliphatic heterocycles. The molecule has 1 N–H and O–H groups in total. The summed E-state index contributed by atoms with van der Waals surface area (Å²) in [5.74, 6) is 4.27. The SMILES string of the molecule is CC(=CC=C[C@@H](C)[C@H]1CC[C@H]2[C@@H]3CC=C4CCCC[C@]4(C)[C@H]3CC[C@]12C)CO. The normalized spacial score (nSPS) is 44.6. The van der Waals surface area contributed by atoms with Crippen molar-refractivity contribution in [1.82, 2.24) is 0 Å². The number of aliphatic hydroxyl groups excluding tert-OH is 1. The van der Waals surface area contributed by atoms with E-state index in [1.54, 1.807) is 0 Å². The van der Waals surface area contributed by atoms with Crippen molar-refractivity contribution in [2.24, 2.45) is 40.4 Å². The second kappa shape index (κ2) is 7.78. The van der Waals surface area contributed by atoms with Gasteiger partial charge in [-0.2, -0.15) is 0 Å². The molecule has 0 aromatic heterocycles. The number of rotatable bonds is 4. The first-order chi connectivity index (χ1) is 13.4. The number of hydrogen-bond acceptors (Lipinski definition) is 1. The Hall–Kier alpha value is -0.820. The maximum absolute atomic E-state index is 9.21. The van der Waals surface area contributed by atoms with E-state index >= 15 is 0 Å². The van der Waals surface area contributed by atoms with Gasteiger partial charge in [0.2, 0.25) is 0 Å². The van der Waals surface area contributed by atoms with Crippen LogP contribution in [-0.2, 0) is 0 Å². The van der Waals surface area contributed by atoms with Gasteiger partial charge < -0.3 is 5.11 Å². The minimum absolute atomic E-state index is 0.166. The lowest BCUT2D eigenvalue weighted by Gasteiger charge is -2.58. The van der Waals surface area contributed by atoms with Crippen molar-refractivity contribution >= 4 is 0 Å². The lowest BCUT2D eigenvalue weighted by Crippen LogP contribution is -2.49. The second-order valence-electron chi connectivity index (χ2n) is 11.1. The number of hydrogen-bond donors (Lipinski definition) is 1. The van der Waals surface area contributed by atoms with Gasteiger partial charge in [-0.15, -0.1) is 0 Å². The van der Waals surface area contributed by atoms with Gasteiger partial charge >= 0.3 is 0 Å². The molecule has 156 valence electrons. The monoisotopic (exact) mass is 382 g/mol. The predicted molar refractivity (Wildman–Crippen MR) is 119 cm³/mol. The average Bonchev–Trinajstić information content (AvgIpc) is 3.04. The summed E-state index contributed by atoms with van der Waals surface area (Å²) in [6.07, 6.45) is 22.2. The highest BCUT2D eigenvalue weighted by atomic mass is 16.3. The topological polar surface area (TPSA) is 20.2 Å². The van der Waals surface area contributed by atoms with E-state index in [4.69, 9.17) is 0 Å². The van der Waals surface area contributed by atoms with Gasteiger partial charge in [0.1, 0.15) is 0 Å². The highest BCUT2D eigenvalue weighted by Crippen LogP contribution is 2.67. The summed E-state index contributed by atoms with van der Waals surface area (Å²) in [5.41, 5.74) is 3.93. The van der Waals surface area contributed by atoms with Crippen LogP contribution < -0.4 is 0 Å². The summed E-state index contributed by atoms with van der Waals surface area (Å²) in [7, 11) is 0. The molecule has 0 saturated heterocycles. The molecule has 1 nitrogen and oxygen atoms in total. The zero-order chi connectivity index (χ0) is 19.9. The van der Waals surface area contributed by atoms with Gasteiger partial charge in [-0.25, -0.2) is 0 Å². The fourth-order valence-corrected chi connectivity index (χ4v) is 8.18. The zero-order valence-electron chi connectivity index (χ0n) is 18.7. The molecule has 0 unspecified atom stereocenters. The molecule has 3 saturated carbocycles. The molecule has 0 radical (unpaired) electrons. The average molecular weight is 383 g/mol. The summed E-state index contributed by atoms with van der Waals surface area (Å²) in [6.45, 7) is 9.88. The molecule has 0 bridgehead atoms. The first kappa shape index (κ1) is 20.5. The molecule has 0 amide bonds. The van der Waals surface area contributed by atoms with Crippen molar-refractivity contribution in [3.8, 4) is 0 Å². The Morgan fingerprint density at radius 1 is 1.18 bits per heavy atom. The van der Waals surface area contributed by atoms with Crippen molar-refractivity contribution in [1.29, 1.82) is 0 Å². The molecule has 28 heavy (non-hydrogen) atoms.